The molecule has 2 aliphatic rings. The summed E-state index contributed by atoms with van der Waals surface area (Å²) < 4.78 is 20.9. The molecule has 1 fully saturated rings. The predicted octanol–water partition coefficient (Wildman–Crippen LogP) is 3.46. The molecule has 1 aromatic carbocycles. The normalized spacial score (nSPS) is 25.4. The van der Waals surface area contributed by atoms with Crippen molar-refractivity contribution < 1.29 is 13.9 Å². The van der Waals surface area contributed by atoms with Gasteiger partial charge < -0.3 is 9.36 Å². The van der Waals surface area contributed by atoms with E-state index in [4.69, 9.17) is 9.36 Å². The van der Waals surface area contributed by atoms with Crippen LogP contribution in [0.15, 0.2) is 35.5 Å². The number of benzene rings is 1. The molecule has 2 heterocycles. The lowest BCUT2D eigenvalue weighted by Gasteiger charge is -2.29. The number of nitrogens with zero attached hydrogens (tertiary/aromatic N) is 2. The van der Waals surface area contributed by atoms with Crippen LogP contribution in [0, 0.1) is 0 Å². The van der Waals surface area contributed by atoms with Crippen molar-refractivity contribution >= 4 is 13.2 Å². The van der Waals surface area contributed by atoms with Gasteiger partial charge in [0.2, 0.25) is 5.85 Å². The zero-order valence-corrected chi connectivity index (χ0v) is 13.2. The summed E-state index contributed by atoms with van der Waals surface area (Å²) in [5.41, 5.74) is 1.86. The second-order valence-electron chi connectivity index (χ2n) is 5.31. The van der Waals surface area contributed by atoms with Crippen molar-refractivity contribution in [1.29, 1.82) is 0 Å². The Morgan fingerprint density at radius 3 is 2.71 bits per heavy atom. The molecule has 5 nitrogen and oxygen atoms in total. The fourth-order valence-electron chi connectivity index (χ4n) is 2.85. The van der Waals surface area contributed by atoms with Gasteiger partial charge in [0.1, 0.15) is 0 Å². The summed E-state index contributed by atoms with van der Waals surface area (Å²) in [5.74, 6) is -0.481. The molecule has 2 aliphatic heterocycles. The molecule has 0 spiro atoms. The van der Waals surface area contributed by atoms with E-state index in [9.17, 15) is 4.57 Å². The lowest BCUT2D eigenvalue weighted by Crippen LogP contribution is -2.26. The maximum absolute atomic E-state index is 13.3. The Hall–Kier alpha value is -1.16. The van der Waals surface area contributed by atoms with Crippen LogP contribution in [0.3, 0.4) is 0 Å². The number of hydrogen-bond donors (Lipinski definition) is 0. The number of hydrogen-bond acceptors (Lipinski definition) is 4. The lowest BCUT2D eigenvalue weighted by atomic mass is 10.1. The molecule has 1 saturated heterocycles. The summed E-state index contributed by atoms with van der Waals surface area (Å²) in [6.07, 6.45) is 2.67. The first-order valence-corrected chi connectivity index (χ1v) is 9.16. The smallest absolute Gasteiger partial charge is 0.315 e. The van der Waals surface area contributed by atoms with Gasteiger partial charge in [-0.1, -0.05) is 35.5 Å². The maximum Gasteiger partial charge on any atom is 0.315 e. The third kappa shape index (κ3) is 2.91. The molecule has 0 aliphatic carbocycles. The van der Waals surface area contributed by atoms with Gasteiger partial charge >= 0.3 is 7.52 Å². The van der Waals surface area contributed by atoms with E-state index in [0.717, 1.165) is 37.2 Å². The molecule has 0 amide bonds. The van der Waals surface area contributed by atoms with Crippen molar-refractivity contribution in [3.63, 3.8) is 0 Å². The van der Waals surface area contributed by atoms with E-state index >= 15 is 0 Å². The van der Waals surface area contributed by atoms with Gasteiger partial charge in [-0.05, 0) is 25.3 Å². The van der Waals surface area contributed by atoms with Crippen LogP contribution in [0.1, 0.15) is 31.7 Å². The minimum atomic E-state index is -2.98. The molecule has 0 aromatic heterocycles. The summed E-state index contributed by atoms with van der Waals surface area (Å²) >= 11 is 0. The first-order chi connectivity index (χ1) is 10.2. The molecule has 6 heteroatoms. The van der Waals surface area contributed by atoms with E-state index in [1.807, 2.05) is 41.9 Å². The van der Waals surface area contributed by atoms with Gasteiger partial charge in [-0.25, -0.2) is 4.67 Å². The molecule has 2 atom stereocenters. The highest BCUT2D eigenvalue weighted by atomic mass is 31.2. The van der Waals surface area contributed by atoms with Crippen molar-refractivity contribution in [2.45, 2.75) is 32.0 Å². The van der Waals surface area contributed by atoms with E-state index in [1.165, 1.54) is 0 Å². The minimum Gasteiger partial charge on any atom is -0.380 e. The average Bonchev–Trinajstić information content (AvgIpc) is 3.20. The summed E-state index contributed by atoms with van der Waals surface area (Å²) in [7, 11) is -2.98. The number of oxime groups is 1. The Morgan fingerprint density at radius 1 is 1.33 bits per heavy atom. The summed E-state index contributed by atoms with van der Waals surface area (Å²) in [6.45, 7) is 3.93. The van der Waals surface area contributed by atoms with Crippen LogP contribution in [0.5, 0.6) is 0 Å². The Labute approximate surface area is 125 Å². The highest BCUT2D eigenvalue weighted by molar-refractivity contribution is 7.57. The van der Waals surface area contributed by atoms with Crippen LogP contribution in [0.25, 0.3) is 0 Å². The zero-order valence-electron chi connectivity index (χ0n) is 12.3. The molecule has 0 radical (unpaired) electrons. The topological polar surface area (TPSA) is 51.1 Å². The van der Waals surface area contributed by atoms with Crippen LogP contribution >= 0.6 is 7.52 Å². The van der Waals surface area contributed by atoms with Gasteiger partial charge in [0, 0.05) is 19.5 Å². The second kappa shape index (κ2) is 6.30. The van der Waals surface area contributed by atoms with Gasteiger partial charge in [-0.15, -0.1) is 0 Å². The first kappa shape index (κ1) is 14.8. The molecule has 0 N–H and O–H groups in total. The Morgan fingerprint density at radius 2 is 2.05 bits per heavy atom. The second-order valence-corrected chi connectivity index (χ2v) is 7.84. The summed E-state index contributed by atoms with van der Waals surface area (Å²) in [6, 6.07) is 9.88. The van der Waals surface area contributed by atoms with Crippen LogP contribution < -0.4 is 0 Å². The Balaban J connectivity index is 1.76. The van der Waals surface area contributed by atoms with E-state index in [-0.39, 0.29) is 0 Å². The fourth-order valence-corrected chi connectivity index (χ4v) is 5.33. The highest BCUT2D eigenvalue weighted by Gasteiger charge is 2.46. The standard InChI is InChI=1S/C15H21N2O3P/c1-2-19-21(18,17-10-6-7-11-17)15-12-14(16-20-15)13-8-4-3-5-9-13/h3-5,8-9,15H,2,6-7,10-12H2,1H3. The zero-order chi connectivity index (χ0) is 14.7. The molecular formula is C15H21N2O3P. The van der Waals surface area contributed by atoms with E-state index in [0.29, 0.717) is 13.0 Å². The average molecular weight is 308 g/mol. The van der Waals surface area contributed by atoms with Crippen molar-refractivity contribution in [3.05, 3.63) is 35.9 Å². The molecule has 114 valence electrons. The molecule has 2 unspecified atom stereocenters. The predicted molar refractivity (Wildman–Crippen MR) is 82.5 cm³/mol. The highest BCUT2D eigenvalue weighted by Crippen LogP contribution is 2.59. The van der Waals surface area contributed by atoms with Crippen molar-refractivity contribution in [2.24, 2.45) is 5.16 Å². The monoisotopic (exact) mass is 308 g/mol. The van der Waals surface area contributed by atoms with Crippen LogP contribution in [-0.4, -0.2) is 35.9 Å². The van der Waals surface area contributed by atoms with Gasteiger partial charge in [-0.2, -0.15) is 0 Å². The Kier molecular flexibility index (Phi) is 4.43. The molecule has 0 bridgehead atoms. The minimum absolute atomic E-state index is 0.425. The SMILES string of the molecule is CCOP(=O)(C1CC(c2ccccc2)=NO1)N1CCCC1. The molecular weight excluding hydrogens is 287 g/mol. The molecule has 1 aromatic rings. The summed E-state index contributed by atoms with van der Waals surface area (Å²) in [4.78, 5) is 5.51. The van der Waals surface area contributed by atoms with Gasteiger partial charge in [0.25, 0.3) is 0 Å². The molecule has 3 rings (SSSR count). The lowest BCUT2D eigenvalue weighted by molar-refractivity contribution is 0.113. The first-order valence-electron chi connectivity index (χ1n) is 7.52. The van der Waals surface area contributed by atoms with Gasteiger partial charge in [0.15, 0.2) is 0 Å². The third-order valence-corrected chi connectivity index (χ3v) is 6.74. The fraction of sp³-hybridized carbons (Fsp3) is 0.533. The Bertz CT molecular complexity index is 555. The van der Waals surface area contributed by atoms with Crippen LogP contribution in [-0.2, 0) is 13.9 Å². The maximum atomic E-state index is 13.3. The van der Waals surface area contributed by atoms with Crippen molar-refractivity contribution in [3.8, 4) is 0 Å². The third-order valence-electron chi connectivity index (χ3n) is 3.91. The molecule has 0 saturated carbocycles. The van der Waals surface area contributed by atoms with E-state index < -0.39 is 13.4 Å². The van der Waals surface area contributed by atoms with Crippen LogP contribution in [0.4, 0.5) is 0 Å². The summed E-state index contributed by atoms with van der Waals surface area (Å²) in [5, 5.41) is 4.14. The van der Waals surface area contributed by atoms with Crippen molar-refractivity contribution in [2.75, 3.05) is 19.7 Å². The van der Waals surface area contributed by atoms with Crippen LogP contribution in [0.2, 0.25) is 0 Å². The van der Waals surface area contributed by atoms with E-state index in [2.05, 4.69) is 5.16 Å². The number of rotatable bonds is 5. The quantitative estimate of drug-likeness (QED) is 0.782. The van der Waals surface area contributed by atoms with Gasteiger partial charge in [0.05, 0.1) is 12.3 Å². The van der Waals surface area contributed by atoms with Gasteiger partial charge in [-0.3, -0.25) is 4.57 Å². The molecule has 21 heavy (non-hydrogen) atoms. The van der Waals surface area contributed by atoms with Crippen molar-refractivity contribution in [1.82, 2.24) is 4.67 Å². The largest absolute Gasteiger partial charge is 0.380 e. The van der Waals surface area contributed by atoms with E-state index in [1.54, 1.807) is 0 Å².